The van der Waals surface area contributed by atoms with Gasteiger partial charge in [0, 0.05) is 10.7 Å². The molecule has 0 atom stereocenters. The van der Waals surface area contributed by atoms with Gasteiger partial charge in [-0.3, -0.25) is 0 Å². The highest BCUT2D eigenvalue weighted by atomic mass is 35.7. The van der Waals surface area contributed by atoms with Crippen LogP contribution in [0.25, 0.3) is 0 Å². The maximum atomic E-state index is 11.9. The maximum Gasteiger partial charge on any atom is 0.340 e. The van der Waals surface area contributed by atoms with Crippen molar-refractivity contribution in [2.75, 3.05) is 13.2 Å². The molecular formula is C11H11ClO5S. The number of hydrogen-bond acceptors (Lipinski definition) is 5. The molecule has 18 heavy (non-hydrogen) atoms. The predicted molar refractivity (Wildman–Crippen MR) is 64.1 cm³/mol. The third-order valence-corrected chi connectivity index (χ3v) is 3.90. The molecule has 1 aliphatic heterocycles. The number of hydrogen-bond donors (Lipinski definition) is 0. The van der Waals surface area contributed by atoms with E-state index in [9.17, 15) is 13.2 Å². The monoisotopic (exact) mass is 290 g/mol. The molecule has 7 heteroatoms. The minimum Gasteiger partial charge on any atom is -0.451 e. The van der Waals surface area contributed by atoms with Gasteiger partial charge in [-0.05, 0) is 19.1 Å². The van der Waals surface area contributed by atoms with Gasteiger partial charge in [-0.25, -0.2) is 13.2 Å². The summed E-state index contributed by atoms with van der Waals surface area (Å²) in [6.07, 6.45) is 0. The smallest absolute Gasteiger partial charge is 0.340 e. The van der Waals surface area contributed by atoms with Crippen LogP contribution in [-0.4, -0.2) is 33.2 Å². The second-order valence-electron chi connectivity index (χ2n) is 4.27. The number of rotatable bonds is 3. The van der Waals surface area contributed by atoms with Gasteiger partial charge in [0.1, 0.15) is 0 Å². The first kappa shape index (κ1) is 13.3. The number of halogens is 1. The molecule has 98 valence electrons. The molecule has 0 aromatic heterocycles. The van der Waals surface area contributed by atoms with Crippen LogP contribution in [0.4, 0.5) is 0 Å². The molecule has 5 nitrogen and oxygen atoms in total. The lowest BCUT2D eigenvalue weighted by atomic mass is 10.1. The van der Waals surface area contributed by atoms with Crippen molar-refractivity contribution in [2.45, 2.75) is 17.4 Å². The molecule has 0 spiro atoms. The summed E-state index contributed by atoms with van der Waals surface area (Å²) in [7, 11) is 1.28. The van der Waals surface area contributed by atoms with E-state index < -0.39 is 20.6 Å². The van der Waals surface area contributed by atoms with E-state index in [1.807, 2.05) is 0 Å². The SMILES string of the molecule is CC1(OC(=O)c2ccccc2S(=O)(=O)Cl)COC1. The van der Waals surface area contributed by atoms with Gasteiger partial charge >= 0.3 is 5.97 Å². The summed E-state index contributed by atoms with van der Waals surface area (Å²) in [5.74, 6) is -0.722. The van der Waals surface area contributed by atoms with Crippen LogP contribution < -0.4 is 0 Å². The van der Waals surface area contributed by atoms with Gasteiger partial charge in [0.2, 0.25) is 0 Å². The highest BCUT2D eigenvalue weighted by Gasteiger charge is 2.38. The molecule has 0 saturated carbocycles. The van der Waals surface area contributed by atoms with Gasteiger partial charge in [-0.15, -0.1) is 0 Å². The predicted octanol–water partition coefficient (Wildman–Crippen LogP) is 1.56. The Morgan fingerprint density at radius 2 is 2.00 bits per heavy atom. The van der Waals surface area contributed by atoms with Gasteiger partial charge in [-0.2, -0.15) is 0 Å². The van der Waals surface area contributed by atoms with E-state index in [-0.39, 0.29) is 10.5 Å². The molecule has 1 aromatic rings. The molecule has 0 amide bonds. The van der Waals surface area contributed by atoms with Gasteiger partial charge in [-0.1, -0.05) is 12.1 Å². The Labute approximate surface area is 109 Å². The van der Waals surface area contributed by atoms with Crippen LogP contribution in [0, 0.1) is 0 Å². The van der Waals surface area contributed by atoms with Gasteiger partial charge in [0.15, 0.2) is 5.60 Å². The summed E-state index contributed by atoms with van der Waals surface area (Å²) >= 11 is 0. The van der Waals surface area contributed by atoms with Crippen molar-refractivity contribution in [1.82, 2.24) is 0 Å². The fraction of sp³-hybridized carbons (Fsp3) is 0.364. The Bertz CT molecular complexity index is 577. The summed E-state index contributed by atoms with van der Waals surface area (Å²) < 4.78 is 32.8. The van der Waals surface area contributed by atoms with Crippen molar-refractivity contribution in [2.24, 2.45) is 0 Å². The van der Waals surface area contributed by atoms with Crippen molar-refractivity contribution in [3.8, 4) is 0 Å². The first-order valence-corrected chi connectivity index (χ1v) is 7.48. The van der Waals surface area contributed by atoms with Gasteiger partial charge < -0.3 is 9.47 Å². The Balaban J connectivity index is 2.31. The minimum atomic E-state index is -3.98. The molecule has 1 fully saturated rings. The van der Waals surface area contributed by atoms with E-state index in [1.54, 1.807) is 13.0 Å². The molecule has 1 aromatic carbocycles. The fourth-order valence-electron chi connectivity index (χ4n) is 1.58. The maximum absolute atomic E-state index is 11.9. The number of ether oxygens (including phenoxy) is 2. The van der Waals surface area contributed by atoms with Crippen LogP contribution in [0.3, 0.4) is 0 Å². The summed E-state index contributed by atoms with van der Waals surface area (Å²) in [4.78, 5) is 11.7. The molecule has 0 N–H and O–H groups in total. The second-order valence-corrected chi connectivity index (χ2v) is 6.80. The first-order valence-electron chi connectivity index (χ1n) is 5.17. The Kier molecular flexibility index (Phi) is 3.35. The normalized spacial score (nSPS) is 17.9. The van der Waals surface area contributed by atoms with Crippen molar-refractivity contribution in [3.63, 3.8) is 0 Å². The van der Waals surface area contributed by atoms with E-state index in [0.717, 1.165) is 0 Å². The van der Waals surface area contributed by atoms with E-state index in [2.05, 4.69) is 0 Å². The van der Waals surface area contributed by atoms with Crippen LogP contribution in [0.5, 0.6) is 0 Å². The molecule has 1 heterocycles. The molecule has 1 aliphatic rings. The molecule has 0 radical (unpaired) electrons. The van der Waals surface area contributed by atoms with Crippen LogP contribution in [0.2, 0.25) is 0 Å². The van der Waals surface area contributed by atoms with Gasteiger partial charge in [0.05, 0.1) is 23.7 Å². The average molecular weight is 291 g/mol. The molecular weight excluding hydrogens is 280 g/mol. The molecule has 0 bridgehead atoms. The summed E-state index contributed by atoms with van der Waals surface area (Å²) in [5.41, 5.74) is -0.763. The standard InChI is InChI=1S/C11H11ClO5S/c1-11(6-16-7-11)17-10(13)8-4-2-3-5-9(8)18(12,14)15/h2-5H,6-7H2,1H3. The van der Waals surface area contributed by atoms with Gasteiger partial charge in [0.25, 0.3) is 9.05 Å². The lowest BCUT2D eigenvalue weighted by Crippen LogP contribution is -2.50. The van der Waals surface area contributed by atoms with Crippen LogP contribution in [0.15, 0.2) is 29.2 Å². The van der Waals surface area contributed by atoms with Crippen molar-refractivity contribution >= 4 is 25.7 Å². The third kappa shape index (κ3) is 2.66. The van der Waals surface area contributed by atoms with E-state index >= 15 is 0 Å². The van der Waals surface area contributed by atoms with E-state index in [4.69, 9.17) is 20.2 Å². The number of esters is 1. The largest absolute Gasteiger partial charge is 0.451 e. The van der Waals surface area contributed by atoms with Crippen LogP contribution in [-0.2, 0) is 18.5 Å². The summed E-state index contributed by atoms with van der Waals surface area (Å²) in [6.45, 7) is 2.31. The van der Waals surface area contributed by atoms with Crippen LogP contribution >= 0.6 is 10.7 Å². The molecule has 1 saturated heterocycles. The van der Waals surface area contributed by atoms with Crippen LogP contribution in [0.1, 0.15) is 17.3 Å². The van der Waals surface area contributed by atoms with E-state index in [1.165, 1.54) is 18.2 Å². The topological polar surface area (TPSA) is 69.7 Å². The van der Waals surface area contributed by atoms with Crippen molar-refractivity contribution < 1.29 is 22.7 Å². The van der Waals surface area contributed by atoms with Crippen molar-refractivity contribution in [1.29, 1.82) is 0 Å². The highest BCUT2D eigenvalue weighted by Crippen LogP contribution is 2.26. The fourth-order valence-corrected chi connectivity index (χ4v) is 2.63. The molecule has 0 aliphatic carbocycles. The molecule has 0 unspecified atom stereocenters. The quantitative estimate of drug-likeness (QED) is 0.624. The average Bonchev–Trinajstić information content (AvgIpc) is 2.26. The first-order chi connectivity index (χ1) is 8.32. The second kappa shape index (κ2) is 4.53. The Morgan fingerprint density at radius 3 is 2.50 bits per heavy atom. The lowest BCUT2D eigenvalue weighted by molar-refractivity contribution is -0.169. The minimum absolute atomic E-state index is 0.0689. The number of carbonyl (C=O) groups is 1. The Morgan fingerprint density at radius 1 is 1.39 bits per heavy atom. The highest BCUT2D eigenvalue weighted by molar-refractivity contribution is 8.13. The zero-order valence-corrected chi connectivity index (χ0v) is 11.1. The Hall–Kier alpha value is -1.11. The summed E-state index contributed by atoms with van der Waals surface area (Å²) in [5, 5.41) is 0. The van der Waals surface area contributed by atoms with E-state index in [0.29, 0.717) is 13.2 Å². The summed E-state index contributed by atoms with van der Waals surface area (Å²) in [6, 6.07) is 5.65. The number of benzene rings is 1. The zero-order valence-electron chi connectivity index (χ0n) is 9.55. The lowest BCUT2D eigenvalue weighted by Gasteiger charge is -2.37. The third-order valence-electron chi connectivity index (χ3n) is 2.52. The number of carbonyl (C=O) groups excluding carboxylic acids is 1. The zero-order chi connectivity index (χ0) is 13.4. The molecule has 2 rings (SSSR count). The van der Waals surface area contributed by atoms with Crippen molar-refractivity contribution in [3.05, 3.63) is 29.8 Å².